The SMILES string of the molecule is CC.C[C-](C)C.[CH3-].[Y]. The molecule has 1 radical (unpaired) electrons. The van der Waals surface area contributed by atoms with Gasteiger partial charge in [-0.3, -0.25) is 0 Å². The van der Waals surface area contributed by atoms with Crippen LogP contribution in [0.2, 0.25) is 0 Å². The van der Waals surface area contributed by atoms with Gasteiger partial charge in [0.05, 0.1) is 0 Å². The van der Waals surface area contributed by atoms with Crippen LogP contribution in [0.3, 0.4) is 0 Å². The Balaban J connectivity index is -0.0000000183. The Bertz CT molecular complexity index is 9.10. The summed E-state index contributed by atoms with van der Waals surface area (Å²) in [7, 11) is 0. The maximum absolute atomic E-state index is 2.08. The van der Waals surface area contributed by atoms with E-state index in [0.717, 1.165) is 0 Å². The Kier molecular flexibility index (Phi) is 69.7. The van der Waals surface area contributed by atoms with Gasteiger partial charge >= 0.3 is 0 Å². The topological polar surface area (TPSA) is 0 Å². The fraction of sp³-hybridized carbons (Fsp3) is 0.714. The first-order valence-electron chi connectivity index (χ1n) is 2.50. The van der Waals surface area contributed by atoms with Gasteiger partial charge in [0.2, 0.25) is 0 Å². The first-order valence-corrected chi connectivity index (χ1v) is 2.50. The second-order valence-corrected chi connectivity index (χ2v) is 1.50. The van der Waals surface area contributed by atoms with Crippen molar-refractivity contribution in [3.05, 3.63) is 13.3 Å². The first kappa shape index (κ1) is 23.0. The van der Waals surface area contributed by atoms with Crippen molar-refractivity contribution in [1.29, 1.82) is 0 Å². The van der Waals surface area contributed by atoms with Crippen molar-refractivity contribution in [2.75, 3.05) is 0 Å². The van der Waals surface area contributed by atoms with E-state index in [0.29, 0.717) is 0 Å². The monoisotopic (exact) mass is 191 g/mol. The van der Waals surface area contributed by atoms with Crippen LogP contribution in [0.4, 0.5) is 0 Å². The van der Waals surface area contributed by atoms with Crippen molar-refractivity contribution < 1.29 is 32.7 Å². The summed E-state index contributed by atoms with van der Waals surface area (Å²) in [4.78, 5) is 0. The molecule has 0 aromatic heterocycles. The second kappa shape index (κ2) is 24.3. The number of rotatable bonds is 0. The van der Waals surface area contributed by atoms with Crippen LogP contribution in [0.25, 0.3) is 0 Å². The summed E-state index contributed by atoms with van der Waals surface area (Å²) in [5.41, 5.74) is 0. The number of hydrogen-bond acceptors (Lipinski definition) is 0. The smallest absolute Gasteiger partial charge is 0 e. The van der Waals surface area contributed by atoms with E-state index in [-0.39, 0.29) is 40.1 Å². The van der Waals surface area contributed by atoms with Crippen LogP contribution in [0.1, 0.15) is 34.6 Å². The average Bonchev–Trinajstić information content (AvgIpc) is 1.41. The molecular weight excluding hydrogens is 173 g/mol. The van der Waals surface area contributed by atoms with Crippen LogP contribution in [-0.2, 0) is 32.7 Å². The summed E-state index contributed by atoms with van der Waals surface area (Å²) in [5, 5.41) is 0. The van der Waals surface area contributed by atoms with Gasteiger partial charge in [-0.1, -0.05) is 13.8 Å². The maximum Gasteiger partial charge on any atom is 0 e. The van der Waals surface area contributed by atoms with Crippen LogP contribution in [-0.4, -0.2) is 0 Å². The average molecular weight is 191 g/mol. The predicted molar refractivity (Wildman–Crippen MR) is 38.0 cm³/mol. The molecule has 0 bridgehead atoms. The van der Waals surface area contributed by atoms with Gasteiger partial charge in [0.1, 0.15) is 0 Å². The minimum Gasteiger partial charge on any atom is -0.358 e. The molecule has 0 unspecified atom stereocenters. The molecule has 0 aromatic rings. The third-order valence-electron chi connectivity index (χ3n) is 0. The van der Waals surface area contributed by atoms with Crippen LogP contribution < -0.4 is 0 Å². The summed E-state index contributed by atoms with van der Waals surface area (Å²) in [6.07, 6.45) is 0. The third kappa shape index (κ3) is 217. The maximum atomic E-state index is 2.08. The van der Waals surface area contributed by atoms with Crippen LogP contribution >= 0.6 is 0 Å². The first-order chi connectivity index (χ1) is 2.73. The second-order valence-electron chi connectivity index (χ2n) is 1.50. The van der Waals surface area contributed by atoms with Gasteiger partial charge in [0, 0.05) is 32.7 Å². The van der Waals surface area contributed by atoms with Gasteiger partial charge in [0.15, 0.2) is 0 Å². The van der Waals surface area contributed by atoms with Crippen molar-refractivity contribution in [2.24, 2.45) is 0 Å². The quantitative estimate of drug-likeness (QED) is 0.516. The zero-order valence-corrected chi connectivity index (χ0v) is 9.92. The van der Waals surface area contributed by atoms with Crippen molar-refractivity contribution in [1.82, 2.24) is 0 Å². The predicted octanol–water partition coefficient (Wildman–Crippen LogP) is 3.09. The molecular formula is C7H18Y-2. The molecule has 0 rings (SSSR count). The summed E-state index contributed by atoms with van der Waals surface area (Å²) < 4.78 is 0. The normalized spacial score (nSPS) is 5.25. The van der Waals surface area contributed by atoms with Gasteiger partial charge in [-0.2, -0.15) is 20.8 Å². The molecule has 0 heterocycles. The van der Waals surface area contributed by atoms with Crippen molar-refractivity contribution >= 4 is 0 Å². The molecule has 1 heteroatoms. The molecule has 0 amide bonds. The zero-order chi connectivity index (χ0) is 5.58. The van der Waals surface area contributed by atoms with Gasteiger partial charge in [0.25, 0.3) is 0 Å². The Morgan fingerprint density at radius 2 is 0.875 bits per heavy atom. The van der Waals surface area contributed by atoms with E-state index in [2.05, 4.69) is 20.8 Å². The van der Waals surface area contributed by atoms with Gasteiger partial charge < -0.3 is 13.3 Å². The Labute approximate surface area is 80.3 Å². The summed E-state index contributed by atoms with van der Waals surface area (Å²) in [6.45, 7) is 10.3. The van der Waals surface area contributed by atoms with Gasteiger partial charge in [-0.05, 0) is 0 Å². The molecule has 0 aliphatic rings. The zero-order valence-electron chi connectivity index (χ0n) is 7.08. The molecule has 8 heavy (non-hydrogen) atoms. The summed E-state index contributed by atoms with van der Waals surface area (Å²) in [5.74, 6) is 1.42. The Morgan fingerprint density at radius 3 is 0.875 bits per heavy atom. The molecule has 0 nitrogen and oxygen atoms in total. The Morgan fingerprint density at radius 1 is 0.875 bits per heavy atom. The van der Waals surface area contributed by atoms with Gasteiger partial charge in [-0.25, -0.2) is 0 Å². The van der Waals surface area contributed by atoms with Crippen LogP contribution in [0.15, 0.2) is 0 Å². The van der Waals surface area contributed by atoms with E-state index < -0.39 is 0 Å². The van der Waals surface area contributed by atoms with Crippen molar-refractivity contribution in [2.45, 2.75) is 34.6 Å². The van der Waals surface area contributed by atoms with E-state index in [1.165, 1.54) is 5.92 Å². The van der Waals surface area contributed by atoms with Crippen molar-refractivity contribution in [3.63, 3.8) is 0 Å². The summed E-state index contributed by atoms with van der Waals surface area (Å²) in [6, 6.07) is 0. The molecule has 0 saturated carbocycles. The van der Waals surface area contributed by atoms with E-state index in [1.807, 2.05) is 13.8 Å². The molecule has 0 fully saturated rings. The molecule has 51 valence electrons. The minimum atomic E-state index is 0. The standard InChI is InChI=1S/C4H9.C2H6.CH3.Y/c1-4(2)3;1-2;;/h1-3H3;1-2H3;1H3;/q-1;;-1;. The fourth-order valence-corrected chi connectivity index (χ4v) is 0. The van der Waals surface area contributed by atoms with Gasteiger partial charge in [-0.15, -0.1) is 0 Å². The van der Waals surface area contributed by atoms with E-state index >= 15 is 0 Å². The summed E-state index contributed by atoms with van der Waals surface area (Å²) >= 11 is 0. The Hall–Kier alpha value is 1.10. The van der Waals surface area contributed by atoms with E-state index in [1.54, 1.807) is 0 Å². The van der Waals surface area contributed by atoms with E-state index in [4.69, 9.17) is 0 Å². The van der Waals surface area contributed by atoms with E-state index in [9.17, 15) is 0 Å². The molecule has 0 spiro atoms. The van der Waals surface area contributed by atoms with Crippen LogP contribution in [0.5, 0.6) is 0 Å². The van der Waals surface area contributed by atoms with Crippen molar-refractivity contribution in [3.8, 4) is 0 Å². The molecule has 0 aliphatic carbocycles. The van der Waals surface area contributed by atoms with Crippen LogP contribution in [0, 0.1) is 13.3 Å². The molecule has 0 saturated heterocycles. The number of hydrogen-bond donors (Lipinski definition) is 0. The third-order valence-corrected chi connectivity index (χ3v) is 0. The fourth-order valence-electron chi connectivity index (χ4n) is 0. The molecule has 0 aliphatic heterocycles. The minimum absolute atomic E-state index is 0. The molecule has 0 aromatic carbocycles. The molecule has 0 atom stereocenters. The molecule has 0 N–H and O–H groups in total. The largest absolute Gasteiger partial charge is 0.358 e.